The number of carboxylic acid groups (broad SMARTS) is 1. The second-order valence-corrected chi connectivity index (χ2v) is 2.51. The van der Waals surface area contributed by atoms with Crippen molar-refractivity contribution in [1.29, 1.82) is 0 Å². The van der Waals surface area contributed by atoms with E-state index in [0.29, 0.717) is 0 Å². The molecule has 0 aliphatic rings. The number of aliphatic carboxylic acids is 1. The molecule has 0 amide bonds. The van der Waals surface area contributed by atoms with Crippen LogP contribution in [0.5, 0.6) is 0 Å². The molecule has 7 nitrogen and oxygen atoms in total. The number of hydrogen-bond acceptors (Lipinski definition) is 6. The van der Waals surface area contributed by atoms with Gasteiger partial charge in [0.15, 0.2) is 6.10 Å². The van der Waals surface area contributed by atoms with E-state index in [4.69, 9.17) is 30.6 Å². The zero-order chi connectivity index (χ0) is 10.6. The molecule has 0 fully saturated rings. The molecule has 6 N–H and O–H groups in total. The molecule has 0 aromatic heterocycles. The Morgan fingerprint density at radius 3 is 1.69 bits per heavy atom. The molecule has 10 heteroatoms. The Bertz CT molecular complexity index is 186. The van der Waals surface area contributed by atoms with Crippen molar-refractivity contribution in [2.75, 3.05) is 6.61 Å². The van der Waals surface area contributed by atoms with Crippen LogP contribution in [0, 0.1) is 0 Å². The van der Waals surface area contributed by atoms with Gasteiger partial charge in [-0.3, -0.25) is 0 Å². The normalized spacial score (nSPS) is 16.6. The standard InChI is InChI=1S/C6H12O7.Ca.ClH.Na.3H/c7-1-2(8)3(9)4(10)5(11)6(12)13;;;;;;/h2-5,7-11H,1H2,(H,12,13);;1H;;;;. The van der Waals surface area contributed by atoms with Gasteiger partial charge in [0.25, 0.3) is 0 Å². The van der Waals surface area contributed by atoms with Gasteiger partial charge in [0.1, 0.15) is 18.3 Å². The summed E-state index contributed by atoms with van der Waals surface area (Å²) in [5, 5.41) is 51.8. The SMILES string of the molecule is Cl.O=C(O)C(O)C(O)C(O)C(O)CO.[CaH2].[NaH]. The number of aliphatic hydroxyl groups excluding tert-OH is 5. The third kappa shape index (κ3) is 8.84. The summed E-state index contributed by atoms with van der Waals surface area (Å²) in [5.74, 6) is -1.73. The van der Waals surface area contributed by atoms with Crippen LogP contribution in [0.1, 0.15) is 0 Å². The number of carbonyl (C=O) groups is 1. The van der Waals surface area contributed by atoms with Crippen LogP contribution in [0.3, 0.4) is 0 Å². The van der Waals surface area contributed by atoms with E-state index in [0.717, 1.165) is 0 Å². The second kappa shape index (κ2) is 13.3. The number of halogens is 1. The van der Waals surface area contributed by atoms with Gasteiger partial charge in [0, 0.05) is 0 Å². The fourth-order valence-corrected chi connectivity index (χ4v) is 0.668. The van der Waals surface area contributed by atoms with Crippen LogP contribution in [-0.4, -0.2) is 135 Å². The first kappa shape index (κ1) is 26.4. The van der Waals surface area contributed by atoms with E-state index in [9.17, 15) is 4.79 Å². The number of aliphatic hydroxyl groups is 5. The van der Waals surface area contributed by atoms with Crippen molar-refractivity contribution in [3.05, 3.63) is 0 Å². The topological polar surface area (TPSA) is 138 Å². The average Bonchev–Trinajstić information content (AvgIpc) is 2.12. The molecule has 0 aliphatic heterocycles. The molecule has 92 valence electrons. The van der Waals surface area contributed by atoms with Gasteiger partial charge < -0.3 is 30.6 Å². The predicted octanol–water partition coefficient (Wildman–Crippen LogP) is -4.64. The zero-order valence-corrected chi connectivity index (χ0v) is 7.83. The summed E-state index contributed by atoms with van der Waals surface area (Å²) >= 11 is 0. The molecular weight excluding hydrogens is 283 g/mol. The van der Waals surface area contributed by atoms with Crippen LogP contribution in [0.15, 0.2) is 0 Å². The van der Waals surface area contributed by atoms with E-state index < -0.39 is 37.0 Å². The fourth-order valence-electron chi connectivity index (χ4n) is 0.668. The first-order valence-corrected chi connectivity index (χ1v) is 3.47. The monoisotopic (exact) mass is 298 g/mol. The Hall–Kier alpha value is 1.82. The van der Waals surface area contributed by atoms with Gasteiger partial charge in [-0.15, -0.1) is 12.4 Å². The van der Waals surface area contributed by atoms with Crippen molar-refractivity contribution in [2.24, 2.45) is 0 Å². The Balaban J connectivity index is -0.000000240. The van der Waals surface area contributed by atoms with Gasteiger partial charge in [-0.1, -0.05) is 0 Å². The summed E-state index contributed by atoms with van der Waals surface area (Å²) in [5.41, 5.74) is 0. The first-order chi connectivity index (χ1) is 5.91. The van der Waals surface area contributed by atoms with Crippen molar-refractivity contribution in [2.45, 2.75) is 24.4 Å². The van der Waals surface area contributed by atoms with E-state index in [1.165, 1.54) is 0 Å². The Kier molecular flexibility index (Phi) is 21.9. The van der Waals surface area contributed by atoms with Gasteiger partial charge in [-0.05, 0) is 0 Å². The summed E-state index contributed by atoms with van der Waals surface area (Å²) in [6.07, 6.45) is -7.84. The van der Waals surface area contributed by atoms with Crippen molar-refractivity contribution in [3.8, 4) is 0 Å². The molecule has 0 saturated heterocycles. The van der Waals surface area contributed by atoms with Crippen LogP contribution in [0.4, 0.5) is 0 Å². The van der Waals surface area contributed by atoms with E-state index >= 15 is 0 Å². The van der Waals surface area contributed by atoms with Crippen LogP contribution in [-0.2, 0) is 4.79 Å². The molecule has 16 heavy (non-hydrogen) atoms. The molecule has 0 heterocycles. The van der Waals surface area contributed by atoms with E-state index in [-0.39, 0.29) is 79.7 Å². The van der Waals surface area contributed by atoms with Crippen molar-refractivity contribution in [1.82, 2.24) is 0 Å². The van der Waals surface area contributed by atoms with Gasteiger partial charge in [0.2, 0.25) is 0 Å². The van der Waals surface area contributed by atoms with Gasteiger partial charge in [-0.25, -0.2) is 4.79 Å². The molecule has 0 radical (unpaired) electrons. The number of hydrogen-bond donors (Lipinski definition) is 6. The summed E-state index contributed by atoms with van der Waals surface area (Å²) in [7, 11) is 0. The maximum atomic E-state index is 10.1. The molecule has 0 aliphatic carbocycles. The molecule has 0 aromatic rings. The predicted molar refractivity (Wildman–Crippen MR) is 61.7 cm³/mol. The zero-order valence-electron chi connectivity index (χ0n) is 7.02. The van der Waals surface area contributed by atoms with Crippen LogP contribution >= 0.6 is 12.4 Å². The van der Waals surface area contributed by atoms with Crippen LogP contribution in [0.25, 0.3) is 0 Å². The molecular formula is C6H16CaClNaO7. The summed E-state index contributed by atoms with van der Waals surface area (Å²) < 4.78 is 0. The molecule has 0 spiro atoms. The van der Waals surface area contributed by atoms with E-state index in [2.05, 4.69) is 0 Å². The van der Waals surface area contributed by atoms with Gasteiger partial charge in [-0.2, -0.15) is 0 Å². The van der Waals surface area contributed by atoms with E-state index in [1.54, 1.807) is 0 Å². The molecule has 4 unspecified atom stereocenters. The second-order valence-electron chi connectivity index (χ2n) is 2.51. The van der Waals surface area contributed by atoms with Crippen molar-refractivity contribution >= 4 is 85.7 Å². The minimum absolute atomic E-state index is 0. The number of rotatable bonds is 5. The maximum absolute atomic E-state index is 10.1. The quantitative estimate of drug-likeness (QED) is 0.281. The molecule has 0 rings (SSSR count). The van der Waals surface area contributed by atoms with Crippen LogP contribution in [0.2, 0.25) is 0 Å². The summed E-state index contributed by atoms with van der Waals surface area (Å²) in [4.78, 5) is 10.1. The van der Waals surface area contributed by atoms with Gasteiger partial charge >= 0.3 is 73.3 Å². The van der Waals surface area contributed by atoms with Gasteiger partial charge in [0.05, 0.1) is 6.61 Å². The Morgan fingerprint density at radius 2 is 1.44 bits per heavy atom. The molecule has 0 saturated carbocycles. The molecule has 4 atom stereocenters. The summed E-state index contributed by atoms with van der Waals surface area (Å²) in [6.45, 7) is -0.843. The van der Waals surface area contributed by atoms with Crippen LogP contribution < -0.4 is 0 Å². The Labute approximate surface area is 150 Å². The third-order valence-corrected chi connectivity index (χ3v) is 1.51. The minimum atomic E-state index is -2.20. The van der Waals surface area contributed by atoms with Crippen molar-refractivity contribution in [3.63, 3.8) is 0 Å². The molecule has 0 bridgehead atoms. The van der Waals surface area contributed by atoms with Crippen molar-refractivity contribution < 1.29 is 35.4 Å². The third-order valence-electron chi connectivity index (χ3n) is 1.51. The molecule has 0 aromatic carbocycles. The fraction of sp³-hybridized carbons (Fsp3) is 0.833. The number of carboxylic acids is 1. The van der Waals surface area contributed by atoms with E-state index in [1.807, 2.05) is 0 Å². The summed E-state index contributed by atoms with van der Waals surface area (Å²) in [6, 6.07) is 0. The first-order valence-electron chi connectivity index (χ1n) is 3.47. The Morgan fingerprint density at radius 1 is 1.06 bits per heavy atom. The average molecular weight is 299 g/mol.